The van der Waals surface area contributed by atoms with Crippen LogP contribution in [0.1, 0.15) is 9.67 Å². The molecule has 0 amide bonds. The van der Waals surface area contributed by atoms with Crippen LogP contribution in [0.25, 0.3) is 11.4 Å². The minimum atomic E-state index is 0.0591. The number of halogens is 1. The van der Waals surface area contributed by atoms with Gasteiger partial charge in [0, 0.05) is 11.0 Å². The van der Waals surface area contributed by atoms with E-state index in [0.29, 0.717) is 23.3 Å². The number of aromatic nitrogens is 3. The summed E-state index contributed by atoms with van der Waals surface area (Å²) < 4.78 is 8.20. The van der Waals surface area contributed by atoms with Crippen LogP contribution in [0.5, 0.6) is 5.75 Å². The fourth-order valence-corrected chi connectivity index (χ4v) is 4.85. The van der Waals surface area contributed by atoms with Gasteiger partial charge in [-0.2, -0.15) is 0 Å². The molecule has 1 aromatic carbocycles. The van der Waals surface area contributed by atoms with Crippen LogP contribution in [0.15, 0.2) is 58.0 Å². The molecule has 5 nitrogen and oxygen atoms in total. The molecule has 8 heteroatoms. The first-order valence-electron chi connectivity index (χ1n) is 7.72. The van der Waals surface area contributed by atoms with Crippen LogP contribution in [0.3, 0.4) is 0 Å². The summed E-state index contributed by atoms with van der Waals surface area (Å²) >= 11 is 6.20. The number of Topliss-reactive ketones (excluding diaryl/α,β-unsaturated/α-hetero) is 1. The minimum absolute atomic E-state index is 0.0591. The lowest BCUT2D eigenvalue weighted by atomic mass is 10.2. The highest BCUT2D eigenvalue weighted by Gasteiger charge is 2.19. The van der Waals surface area contributed by atoms with Crippen molar-refractivity contribution in [3.05, 3.63) is 57.7 Å². The van der Waals surface area contributed by atoms with Gasteiger partial charge in [-0.1, -0.05) is 30.0 Å². The van der Waals surface area contributed by atoms with Crippen molar-refractivity contribution in [2.24, 2.45) is 0 Å². The maximum Gasteiger partial charge on any atom is 0.192 e. The normalized spacial score (nSPS) is 10.7. The van der Waals surface area contributed by atoms with E-state index in [1.165, 1.54) is 23.1 Å². The Morgan fingerprint density at radius 1 is 1.38 bits per heavy atom. The second-order valence-corrected chi connectivity index (χ2v) is 7.93. The third-order valence-corrected chi connectivity index (χ3v) is 6.42. The number of carbonyl (C=O) groups excluding carboxylic acids is 1. The molecule has 0 saturated carbocycles. The molecule has 0 bridgehead atoms. The van der Waals surface area contributed by atoms with Gasteiger partial charge in [0.1, 0.15) is 5.75 Å². The largest absolute Gasteiger partial charge is 0.496 e. The van der Waals surface area contributed by atoms with Crippen LogP contribution in [0, 0.1) is 0 Å². The van der Waals surface area contributed by atoms with Gasteiger partial charge in [-0.3, -0.25) is 9.36 Å². The van der Waals surface area contributed by atoms with Gasteiger partial charge >= 0.3 is 0 Å². The second-order valence-electron chi connectivity index (χ2n) is 5.22. The fourth-order valence-electron chi connectivity index (χ4n) is 2.41. The van der Waals surface area contributed by atoms with Crippen LogP contribution in [-0.4, -0.2) is 33.4 Å². The van der Waals surface area contributed by atoms with E-state index in [9.17, 15) is 4.79 Å². The van der Waals surface area contributed by atoms with E-state index in [2.05, 4.69) is 32.7 Å². The number of ketones is 1. The molecule has 0 aliphatic carbocycles. The van der Waals surface area contributed by atoms with Gasteiger partial charge < -0.3 is 4.74 Å². The molecule has 0 fully saturated rings. The average Bonchev–Trinajstić information content (AvgIpc) is 3.26. The summed E-state index contributed by atoms with van der Waals surface area (Å²) in [5.74, 6) is 1.76. The molecule has 134 valence electrons. The van der Waals surface area contributed by atoms with Crippen molar-refractivity contribution >= 4 is 44.8 Å². The van der Waals surface area contributed by atoms with Crippen molar-refractivity contribution in [3.63, 3.8) is 0 Å². The van der Waals surface area contributed by atoms with Gasteiger partial charge in [0.25, 0.3) is 0 Å². The molecule has 2 aromatic heterocycles. The quantitative estimate of drug-likeness (QED) is 0.277. The Bertz CT molecular complexity index is 936. The van der Waals surface area contributed by atoms with Gasteiger partial charge in [-0.15, -0.1) is 28.1 Å². The number of hydrogen-bond donors (Lipinski definition) is 0. The number of allylic oxidation sites excluding steroid dienone is 1. The first-order valence-corrected chi connectivity index (χ1v) is 10.4. The number of thiophene rings is 1. The molecule has 0 saturated heterocycles. The molecule has 0 radical (unpaired) electrons. The van der Waals surface area contributed by atoms with E-state index >= 15 is 0 Å². The van der Waals surface area contributed by atoms with E-state index in [1.54, 1.807) is 13.2 Å². The average molecular weight is 450 g/mol. The Hall–Kier alpha value is -1.90. The van der Waals surface area contributed by atoms with Gasteiger partial charge in [0.15, 0.2) is 16.8 Å². The molecule has 0 atom stereocenters. The Kier molecular flexibility index (Phi) is 6.29. The van der Waals surface area contributed by atoms with Gasteiger partial charge in [-0.05, 0) is 39.5 Å². The molecule has 0 spiro atoms. The number of nitrogens with zero attached hydrogens (tertiary/aromatic N) is 3. The summed E-state index contributed by atoms with van der Waals surface area (Å²) in [6.07, 6.45) is 1.78. The highest BCUT2D eigenvalue weighted by molar-refractivity contribution is 9.10. The lowest BCUT2D eigenvalue weighted by Crippen LogP contribution is -2.05. The molecule has 3 rings (SSSR count). The standard InChI is InChI=1S/C18H16BrN3O2S2/c1-3-9-22-17(12-6-4-5-7-15(12)24-2)20-21-18(22)26-11-14(23)16-13(19)8-10-25-16/h3-8,10H,1,9,11H2,2H3. The number of carbonyl (C=O) groups is 1. The number of methoxy groups -OCH3 is 1. The zero-order valence-electron chi connectivity index (χ0n) is 14.0. The lowest BCUT2D eigenvalue weighted by Gasteiger charge is -2.10. The molecular weight excluding hydrogens is 434 g/mol. The molecule has 0 aliphatic rings. The zero-order chi connectivity index (χ0) is 18.5. The number of hydrogen-bond acceptors (Lipinski definition) is 6. The van der Waals surface area contributed by atoms with Crippen LogP contribution >= 0.6 is 39.0 Å². The summed E-state index contributed by atoms with van der Waals surface area (Å²) in [5.41, 5.74) is 0.850. The minimum Gasteiger partial charge on any atom is -0.496 e. The fraction of sp³-hybridized carbons (Fsp3) is 0.167. The third-order valence-electron chi connectivity index (χ3n) is 3.58. The number of thioether (sulfide) groups is 1. The summed E-state index contributed by atoms with van der Waals surface area (Å²) in [5, 5.41) is 11.2. The number of para-hydroxylation sites is 1. The summed E-state index contributed by atoms with van der Waals surface area (Å²) in [4.78, 5) is 13.1. The Labute approximate surface area is 168 Å². The predicted octanol–water partition coefficient (Wildman–Crippen LogP) is 4.94. The third kappa shape index (κ3) is 3.92. The van der Waals surface area contributed by atoms with Gasteiger partial charge in [0.05, 0.1) is 23.3 Å². The van der Waals surface area contributed by atoms with Crippen LogP contribution < -0.4 is 4.74 Å². The number of ether oxygens (including phenoxy) is 1. The van der Waals surface area contributed by atoms with Gasteiger partial charge in [-0.25, -0.2) is 0 Å². The Morgan fingerprint density at radius 2 is 2.19 bits per heavy atom. The number of benzene rings is 1. The van der Waals surface area contributed by atoms with E-state index in [4.69, 9.17) is 4.74 Å². The summed E-state index contributed by atoms with van der Waals surface area (Å²) in [6.45, 7) is 4.35. The lowest BCUT2D eigenvalue weighted by molar-refractivity contribution is 0.102. The Balaban J connectivity index is 1.87. The topological polar surface area (TPSA) is 57.0 Å². The van der Waals surface area contributed by atoms with E-state index < -0.39 is 0 Å². The van der Waals surface area contributed by atoms with Crippen molar-refractivity contribution in [1.29, 1.82) is 0 Å². The first-order chi connectivity index (χ1) is 12.7. The van der Waals surface area contributed by atoms with E-state index in [-0.39, 0.29) is 5.78 Å². The van der Waals surface area contributed by atoms with Crippen LogP contribution in [0.2, 0.25) is 0 Å². The second kappa shape index (κ2) is 8.66. The Morgan fingerprint density at radius 3 is 2.88 bits per heavy atom. The van der Waals surface area contributed by atoms with Crippen LogP contribution in [0.4, 0.5) is 0 Å². The molecule has 0 N–H and O–H groups in total. The van der Waals surface area contributed by atoms with Crippen molar-refractivity contribution in [3.8, 4) is 17.1 Å². The zero-order valence-corrected chi connectivity index (χ0v) is 17.2. The molecule has 0 aliphatic heterocycles. The number of rotatable bonds is 8. The summed E-state index contributed by atoms with van der Waals surface area (Å²) in [6, 6.07) is 9.53. The van der Waals surface area contributed by atoms with Crippen molar-refractivity contribution in [1.82, 2.24) is 14.8 Å². The monoisotopic (exact) mass is 449 g/mol. The first kappa shape index (κ1) is 18.9. The SMILES string of the molecule is C=CCn1c(SCC(=O)c2sccc2Br)nnc1-c1ccccc1OC. The molecule has 26 heavy (non-hydrogen) atoms. The van der Waals surface area contributed by atoms with E-state index in [0.717, 1.165) is 20.7 Å². The van der Waals surface area contributed by atoms with Crippen molar-refractivity contribution in [2.45, 2.75) is 11.7 Å². The van der Waals surface area contributed by atoms with Gasteiger partial charge in [0.2, 0.25) is 0 Å². The highest BCUT2D eigenvalue weighted by atomic mass is 79.9. The predicted molar refractivity (Wildman–Crippen MR) is 109 cm³/mol. The molecule has 3 aromatic rings. The smallest absolute Gasteiger partial charge is 0.192 e. The molecule has 0 unspecified atom stereocenters. The maximum atomic E-state index is 12.4. The molecular formula is C18H16BrN3O2S2. The van der Waals surface area contributed by atoms with Crippen LogP contribution in [-0.2, 0) is 6.54 Å². The van der Waals surface area contributed by atoms with Crippen molar-refractivity contribution < 1.29 is 9.53 Å². The summed E-state index contributed by atoms with van der Waals surface area (Å²) in [7, 11) is 1.63. The van der Waals surface area contributed by atoms with Crippen molar-refractivity contribution in [2.75, 3.05) is 12.9 Å². The highest BCUT2D eigenvalue weighted by Crippen LogP contribution is 2.31. The maximum absolute atomic E-state index is 12.4. The molecule has 2 heterocycles. The van der Waals surface area contributed by atoms with E-state index in [1.807, 2.05) is 40.3 Å².